The van der Waals surface area contributed by atoms with Gasteiger partial charge in [0.1, 0.15) is 5.75 Å². The van der Waals surface area contributed by atoms with E-state index in [1.165, 1.54) is 11.8 Å². The summed E-state index contributed by atoms with van der Waals surface area (Å²) in [6.45, 7) is 2.93. The lowest BCUT2D eigenvalue weighted by molar-refractivity contribution is -0.139. The van der Waals surface area contributed by atoms with Gasteiger partial charge in [0.2, 0.25) is 5.91 Å². The van der Waals surface area contributed by atoms with Gasteiger partial charge in [0, 0.05) is 29.1 Å². The topological polar surface area (TPSA) is 72.9 Å². The van der Waals surface area contributed by atoms with Gasteiger partial charge < -0.3 is 14.4 Å². The van der Waals surface area contributed by atoms with Gasteiger partial charge in [-0.25, -0.2) is 0 Å². The molecule has 1 aliphatic rings. The summed E-state index contributed by atoms with van der Waals surface area (Å²) in [5, 5.41) is 0. The summed E-state index contributed by atoms with van der Waals surface area (Å²) in [4.78, 5) is 38.6. The van der Waals surface area contributed by atoms with Crippen molar-refractivity contribution in [3.8, 4) is 5.75 Å². The standard InChI is InChI=1S/C22H23NO5S/c1-2-27-18-9-11-19(12-10-18)29-15-22(26)28-14-20(24)16-5-7-17(8-6-16)23-13-3-4-21(23)25/h5-12H,2-4,13-15H2,1H3. The largest absolute Gasteiger partial charge is 0.494 e. The number of ether oxygens (including phenoxy) is 2. The molecule has 0 radical (unpaired) electrons. The van der Waals surface area contributed by atoms with Gasteiger partial charge in [0.25, 0.3) is 0 Å². The monoisotopic (exact) mass is 413 g/mol. The van der Waals surface area contributed by atoms with E-state index in [9.17, 15) is 14.4 Å². The number of carbonyl (C=O) groups is 3. The third-order valence-electron chi connectivity index (χ3n) is 4.43. The first-order valence-electron chi connectivity index (χ1n) is 9.51. The number of anilines is 1. The molecule has 1 aliphatic heterocycles. The van der Waals surface area contributed by atoms with Gasteiger partial charge in [-0.15, -0.1) is 11.8 Å². The summed E-state index contributed by atoms with van der Waals surface area (Å²) in [5.41, 5.74) is 1.24. The van der Waals surface area contributed by atoms with E-state index in [2.05, 4.69) is 0 Å². The van der Waals surface area contributed by atoms with Gasteiger partial charge in [-0.05, 0) is 61.9 Å². The number of ketones is 1. The molecule has 1 amide bonds. The zero-order chi connectivity index (χ0) is 20.6. The Morgan fingerprint density at radius 3 is 2.41 bits per heavy atom. The van der Waals surface area contributed by atoms with Crippen molar-refractivity contribution in [1.29, 1.82) is 0 Å². The fourth-order valence-corrected chi connectivity index (χ4v) is 3.66. The molecule has 1 saturated heterocycles. The highest BCUT2D eigenvalue weighted by molar-refractivity contribution is 8.00. The minimum atomic E-state index is -0.448. The van der Waals surface area contributed by atoms with Crippen molar-refractivity contribution in [2.45, 2.75) is 24.7 Å². The summed E-state index contributed by atoms with van der Waals surface area (Å²) >= 11 is 1.34. The summed E-state index contributed by atoms with van der Waals surface area (Å²) in [5.74, 6) is 0.283. The van der Waals surface area contributed by atoms with E-state index in [0.717, 1.165) is 22.8 Å². The van der Waals surface area contributed by atoms with Crippen LogP contribution in [0.2, 0.25) is 0 Å². The molecule has 0 bridgehead atoms. The fourth-order valence-electron chi connectivity index (χ4n) is 2.96. The molecule has 7 heteroatoms. The van der Waals surface area contributed by atoms with Crippen LogP contribution in [0.4, 0.5) is 5.69 Å². The Labute approximate surface area is 174 Å². The minimum Gasteiger partial charge on any atom is -0.494 e. The van der Waals surface area contributed by atoms with Crippen LogP contribution in [-0.2, 0) is 14.3 Å². The smallest absolute Gasteiger partial charge is 0.316 e. The number of carbonyl (C=O) groups excluding carboxylic acids is 3. The highest BCUT2D eigenvalue weighted by atomic mass is 32.2. The molecule has 0 aromatic heterocycles. The first kappa shape index (κ1) is 20.9. The van der Waals surface area contributed by atoms with E-state index in [1.807, 2.05) is 31.2 Å². The second-order valence-electron chi connectivity index (χ2n) is 6.47. The van der Waals surface area contributed by atoms with E-state index >= 15 is 0 Å². The normalized spacial score (nSPS) is 13.4. The van der Waals surface area contributed by atoms with Crippen LogP contribution < -0.4 is 9.64 Å². The molecule has 0 aliphatic carbocycles. The van der Waals surface area contributed by atoms with Crippen LogP contribution in [0.5, 0.6) is 5.75 Å². The van der Waals surface area contributed by atoms with Gasteiger partial charge in [-0.1, -0.05) is 0 Å². The van der Waals surface area contributed by atoms with Crippen molar-refractivity contribution in [3.63, 3.8) is 0 Å². The Morgan fingerprint density at radius 2 is 1.79 bits per heavy atom. The average molecular weight is 413 g/mol. The van der Waals surface area contributed by atoms with Crippen LogP contribution in [0.1, 0.15) is 30.1 Å². The van der Waals surface area contributed by atoms with Crippen LogP contribution >= 0.6 is 11.8 Å². The maximum atomic E-state index is 12.2. The van der Waals surface area contributed by atoms with Crippen LogP contribution in [0.25, 0.3) is 0 Å². The number of hydrogen-bond acceptors (Lipinski definition) is 6. The van der Waals surface area contributed by atoms with Crippen LogP contribution in [0.3, 0.4) is 0 Å². The Hall–Kier alpha value is -2.80. The molecule has 2 aromatic rings. The Bertz CT molecular complexity index is 864. The lowest BCUT2D eigenvalue weighted by atomic mass is 10.1. The van der Waals surface area contributed by atoms with Gasteiger partial charge in [-0.3, -0.25) is 14.4 Å². The van der Waals surface area contributed by atoms with E-state index in [0.29, 0.717) is 25.1 Å². The van der Waals surface area contributed by atoms with E-state index in [-0.39, 0.29) is 24.1 Å². The maximum absolute atomic E-state index is 12.2. The molecule has 0 atom stereocenters. The number of amides is 1. The Morgan fingerprint density at radius 1 is 1.07 bits per heavy atom. The summed E-state index contributed by atoms with van der Waals surface area (Å²) < 4.78 is 10.5. The lowest BCUT2D eigenvalue weighted by Gasteiger charge is -2.15. The molecule has 6 nitrogen and oxygen atoms in total. The summed E-state index contributed by atoms with van der Waals surface area (Å²) in [6, 6.07) is 14.3. The molecule has 0 saturated carbocycles. The Balaban J connectivity index is 1.43. The van der Waals surface area contributed by atoms with E-state index in [1.54, 1.807) is 29.2 Å². The minimum absolute atomic E-state index is 0.100. The molecular weight excluding hydrogens is 390 g/mol. The molecule has 2 aromatic carbocycles. The second kappa shape index (κ2) is 10.1. The predicted molar refractivity (Wildman–Crippen MR) is 112 cm³/mol. The van der Waals surface area contributed by atoms with Gasteiger partial charge in [-0.2, -0.15) is 0 Å². The zero-order valence-corrected chi connectivity index (χ0v) is 17.1. The van der Waals surface area contributed by atoms with Crippen molar-refractivity contribution >= 4 is 35.1 Å². The van der Waals surface area contributed by atoms with Crippen LogP contribution in [0, 0.1) is 0 Å². The number of nitrogens with zero attached hydrogens (tertiary/aromatic N) is 1. The molecule has 0 unspecified atom stereocenters. The van der Waals surface area contributed by atoms with Crippen molar-refractivity contribution in [3.05, 3.63) is 54.1 Å². The summed E-state index contributed by atoms with van der Waals surface area (Å²) in [6.07, 6.45) is 1.41. The van der Waals surface area contributed by atoms with Gasteiger partial charge in [0.05, 0.1) is 12.4 Å². The van der Waals surface area contributed by atoms with E-state index in [4.69, 9.17) is 9.47 Å². The molecular formula is C22H23NO5S. The number of hydrogen-bond donors (Lipinski definition) is 0. The molecule has 152 valence electrons. The van der Waals surface area contributed by atoms with Gasteiger partial charge in [0.15, 0.2) is 12.4 Å². The SMILES string of the molecule is CCOc1ccc(SCC(=O)OCC(=O)c2ccc(N3CCCC3=O)cc2)cc1. The molecule has 1 heterocycles. The maximum Gasteiger partial charge on any atom is 0.316 e. The highest BCUT2D eigenvalue weighted by Crippen LogP contribution is 2.23. The van der Waals surface area contributed by atoms with Gasteiger partial charge >= 0.3 is 5.97 Å². The van der Waals surface area contributed by atoms with Crippen molar-refractivity contribution in [1.82, 2.24) is 0 Å². The molecule has 29 heavy (non-hydrogen) atoms. The molecule has 0 N–H and O–H groups in total. The molecule has 3 rings (SSSR count). The number of benzene rings is 2. The Kier molecular flexibility index (Phi) is 7.30. The first-order chi connectivity index (χ1) is 14.1. The third kappa shape index (κ3) is 5.84. The zero-order valence-electron chi connectivity index (χ0n) is 16.3. The van der Waals surface area contributed by atoms with Crippen molar-refractivity contribution in [2.24, 2.45) is 0 Å². The highest BCUT2D eigenvalue weighted by Gasteiger charge is 2.21. The number of Topliss-reactive ketones (excluding diaryl/α,β-unsaturated/α-hetero) is 1. The first-order valence-corrected chi connectivity index (χ1v) is 10.5. The van der Waals surface area contributed by atoms with E-state index < -0.39 is 5.97 Å². The quantitative estimate of drug-likeness (QED) is 0.354. The number of rotatable bonds is 9. The van der Waals surface area contributed by atoms with Crippen LogP contribution in [0.15, 0.2) is 53.4 Å². The van der Waals surface area contributed by atoms with Crippen LogP contribution in [-0.4, -0.2) is 43.2 Å². The third-order valence-corrected chi connectivity index (χ3v) is 5.42. The summed E-state index contributed by atoms with van der Waals surface area (Å²) in [7, 11) is 0. The predicted octanol–water partition coefficient (Wildman–Crippen LogP) is 3.73. The lowest BCUT2D eigenvalue weighted by Crippen LogP contribution is -2.23. The van der Waals surface area contributed by atoms with Crippen molar-refractivity contribution in [2.75, 3.05) is 30.4 Å². The second-order valence-corrected chi connectivity index (χ2v) is 7.52. The number of thioether (sulfide) groups is 1. The van der Waals surface area contributed by atoms with Crippen molar-refractivity contribution < 1.29 is 23.9 Å². The molecule has 1 fully saturated rings. The molecule has 0 spiro atoms. The number of esters is 1. The average Bonchev–Trinajstić information content (AvgIpc) is 3.17. The fraction of sp³-hybridized carbons (Fsp3) is 0.318.